The van der Waals surface area contributed by atoms with Gasteiger partial charge in [-0.3, -0.25) is 4.79 Å². The molecule has 0 spiro atoms. The topological polar surface area (TPSA) is 53.6 Å². The van der Waals surface area contributed by atoms with Crippen LogP contribution >= 0.6 is 0 Å². The Kier molecular flexibility index (Phi) is 4.59. The first kappa shape index (κ1) is 15.2. The fraction of sp³-hybridized carbons (Fsp3) is 0.562. The molecule has 6 heteroatoms. The van der Waals surface area contributed by atoms with E-state index in [1.54, 1.807) is 0 Å². The Morgan fingerprint density at radius 2 is 2.09 bits per heavy atom. The van der Waals surface area contributed by atoms with Gasteiger partial charge >= 0.3 is 0 Å². The first-order chi connectivity index (χ1) is 10.6. The predicted octanol–water partition coefficient (Wildman–Crippen LogP) is 1.46. The molecule has 2 aliphatic heterocycles. The third-order valence-corrected chi connectivity index (χ3v) is 4.46. The number of carbonyl (C=O) groups excluding carboxylic acids is 1. The van der Waals surface area contributed by atoms with Gasteiger partial charge in [0, 0.05) is 30.4 Å². The van der Waals surface area contributed by atoms with Gasteiger partial charge in [0.15, 0.2) is 0 Å². The molecule has 0 radical (unpaired) electrons. The van der Waals surface area contributed by atoms with Crippen LogP contribution in [-0.4, -0.2) is 45.3 Å². The highest BCUT2D eigenvalue weighted by atomic mass is 19.1. The molecule has 0 saturated carbocycles. The molecule has 0 bridgehead atoms. The largest absolute Gasteiger partial charge is 0.378 e. The van der Waals surface area contributed by atoms with Crippen molar-refractivity contribution in [2.45, 2.75) is 6.92 Å². The van der Waals surface area contributed by atoms with Crippen molar-refractivity contribution in [1.82, 2.24) is 5.32 Å². The summed E-state index contributed by atoms with van der Waals surface area (Å²) in [4.78, 5) is 14.3. The molecule has 2 aliphatic rings. The van der Waals surface area contributed by atoms with Gasteiger partial charge in [0.2, 0.25) is 5.91 Å². The van der Waals surface area contributed by atoms with Crippen LogP contribution in [0.25, 0.3) is 0 Å². The van der Waals surface area contributed by atoms with E-state index in [-0.39, 0.29) is 17.6 Å². The molecule has 2 N–H and O–H groups in total. The van der Waals surface area contributed by atoms with Crippen molar-refractivity contribution in [1.29, 1.82) is 0 Å². The number of nitrogens with zero attached hydrogens (tertiary/aromatic N) is 1. The lowest BCUT2D eigenvalue weighted by Gasteiger charge is -2.32. The standard InChI is InChI=1S/C16H22FN3O2/c1-11(12-9-18-10-12)16(21)19-14-6-13(17)7-15(8-14)20-2-4-22-5-3-20/h6-8,11-12,18H,2-5,9-10H2,1H3,(H,19,21). The van der Waals surface area contributed by atoms with Crippen LogP contribution in [-0.2, 0) is 9.53 Å². The van der Waals surface area contributed by atoms with Crippen molar-refractivity contribution < 1.29 is 13.9 Å². The molecule has 3 rings (SSSR count). The van der Waals surface area contributed by atoms with Crippen molar-refractivity contribution in [2.24, 2.45) is 11.8 Å². The van der Waals surface area contributed by atoms with Crippen LogP contribution in [0.1, 0.15) is 6.92 Å². The lowest BCUT2D eigenvalue weighted by atomic mass is 9.88. The summed E-state index contributed by atoms with van der Waals surface area (Å²) in [6.07, 6.45) is 0. The van der Waals surface area contributed by atoms with Crippen LogP contribution in [0, 0.1) is 17.7 Å². The first-order valence-electron chi connectivity index (χ1n) is 7.78. The highest BCUT2D eigenvalue weighted by Gasteiger charge is 2.28. The Hall–Kier alpha value is -1.66. The summed E-state index contributed by atoms with van der Waals surface area (Å²) < 4.78 is 19.2. The molecular weight excluding hydrogens is 285 g/mol. The quantitative estimate of drug-likeness (QED) is 0.884. The minimum atomic E-state index is -0.336. The molecule has 1 amide bonds. The van der Waals surface area contributed by atoms with E-state index in [0.29, 0.717) is 24.8 Å². The molecule has 2 saturated heterocycles. The van der Waals surface area contributed by atoms with Crippen LogP contribution in [0.3, 0.4) is 0 Å². The fourth-order valence-electron chi connectivity index (χ4n) is 2.79. The van der Waals surface area contributed by atoms with Crippen LogP contribution in [0.2, 0.25) is 0 Å². The van der Waals surface area contributed by atoms with E-state index in [0.717, 1.165) is 31.9 Å². The van der Waals surface area contributed by atoms with Gasteiger partial charge in [-0.2, -0.15) is 0 Å². The lowest BCUT2D eigenvalue weighted by Crippen LogP contribution is -2.48. The minimum absolute atomic E-state index is 0.0509. The van der Waals surface area contributed by atoms with Gasteiger partial charge in [0.25, 0.3) is 0 Å². The zero-order chi connectivity index (χ0) is 15.5. The van der Waals surface area contributed by atoms with E-state index in [2.05, 4.69) is 15.5 Å². The highest BCUT2D eigenvalue weighted by molar-refractivity contribution is 5.93. The van der Waals surface area contributed by atoms with Crippen molar-refractivity contribution in [3.8, 4) is 0 Å². The zero-order valence-electron chi connectivity index (χ0n) is 12.8. The lowest BCUT2D eigenvalue weighted by molar-refractivity contribution is -0.121. The number of halogens is 1. The average Bonchev–Trinajstić information content (AvgIpc) is 2.45. The summed E-state index contributed by atoms with van der Waals surface area (Å²) >= 11 is 0. The molecule has 1 aromatic rings. The van der Waals surface area contributed by atoms with Gasteiger partial charge in [-0.05, 0) is 37.2 Å². The number of nitrogens with one attached hydrogen (secondary N) is 2. The molecule has 2 heterocycles. The molecule has 120 valence electrons. The van der Waals surface area contributed by atoms with E-state index < -0.39 is 0 Å². The molecule has 1 unspecified atom stereocenters. The number of hydrogen-bond donors (Lipinski definition) is 2. The number of rotatable bonds is 4. The molecule has 1 atom stereocenters. The Balaban J connectivity index is 1.70. The van der Waals surface area contributed by atoms with E-state index >= 15 is 0 Å². The van der Waals surface area contributed by atoms with Crippen LogP contribution < -0.4 is 15.5 Å². The second-order valence-electron chi connectivity index (χ2n) is 5.99. The third-order valence-electron chi connectivity index (χ3n) is 4.46. The summed E-state index contributed by atoms with van der Waals surface area (Å²) in [5.74, 6) is -0.0917. The van der Waals surface area contributed by atoms with Crippen molar-refractivity contribution >= 4 is 17.3 Å². The first-order valence-corrected chi connectivity index (χ1v) is 7.78. The summed E-state index contributed by atoms with van der Waals surface area (Å²) in [5, 5.41) is 6.01. The van der Waals surface area contributed by atoms with Gasteiger partial charge in [0.1, 0.15) is 5.82 Å². The van der Waals surface area contributed by atoms with Gasteiger partial charge in [0.05, 0.1) is 13.2 Å². The summed E-state index contributed by atoms with van der Waals surface area (Å²) in [6.45, 7) is 6.42. The van der Waals surface area contributed by atoms with Crippen molar-refractivity contribution in [3.05, 3.63) is 24.0 Å². The number of carbonyl (C=O) groups is 1. The van der Waals surface area contributed by atoms with Gasteiger partial charge in [-0.25, -0.2) is 4.39 Å². The molecule has 0 aliphatic carbocycles. The van der Waals surface area contributed by atoms with Crippen LogP contribution in [0.5, 0.6) is 0 Å². The molecule has 5 nitrogen and oxygen atoms in total. The van der Waals surface area contributed by atoms with Crippen molar-refractivity contribution in [2.75, 3.05) is 49.6 Å². The van der Waals surface area contributed by atoms with E-state index in [9.17, 15) is 9.18 Å². The number of benzene rings is 1. The molecule has 1 aromatic carbocycles. The average molecular weight is 307 g/mol. The Bertz CT molecular complexity index is 542. The SMILES string of the molecule is CC(C(=O)Nc1cc(F)cc(N2CCOCC2)c1)C1CNC1. The van der Waals surface area contributed by atoms with E-state index in [1.165, 1.54) is 12.1 Å². The molecule has 2 fully saturated rings. The zero-order valence-corrected chi connectivity index (χ0v) is 12.8. The number of anilines is 2. The summed E-state index contributed by atoms with van der Waals surface area (Å²) in [7, 11) is 0. The Morgan fingerprint density at radius 3 is 2.73 bits per heavy atom. The minimum Gasteiger partial charge on any atom is -0.378 e. The van der Waals surface area contributed by atoms with Crippen LogP contribution in [0.15, 0.2) is 18.2 Å². The number of amides is 1. The smallest absolute Gasteiger partial charge is 0.227 e. The monoisotopic (exact) mass is 307 g/mol. The maximum Gasteiger partial charge on any atom is 0.227 e. The van der Waals surface area contributed by atoms with Crippen LogP contribution in [0.4, 0.5) is 15.8 Å². The molecular formula is C16H22FN3O2. The molecule has 0 aromatic heterocycles. The maximum atomic E-state index is 13.9. The Labute approximate surface area is 129 Å². The van der Waals surface area contributed by atoms with Gasteiger partial charge < -0.3 is 20.3 Å². The highest BCUT2D eigenvalue weighted by Crippen LogP contribution is 2.24. The number of morpholine rings is 1. The van der Waals surface area contributed by atoms with E-state index in [1.807, 2.05) is 13.0 Å². The summed E-state index contributed by atoms with van der Waals surface area (Å²) in [6, 6.07) is 4.70. The third kappa shape index (κ3) is 3.39. The fourth-order valence-corrected chi connectivity index (χ4v) is 2.79. The number of hydrogen-bond acceptors (Lipinski definition) is 4. The number of ether oxygens (including phenoxy) is 1. The van der Waals surface area contributed by atoms with E-state index in [4.69, 9.17) is 4.74 Å². The molecule has 22 heavy (non-hydrogen) atoms. The summed E-state index contributed by atoms with van der Waals surface area (Å²) in [5.41, 5.74) is 1.31. The van der Waals surface area contributed by atoms with Crippen molar-refractivity contribution in [3.63, 3.8) is 0 Å². The van der Waals surface area contributed by atoms with Gasteiger partial charge in [-0.15, -0.1) is 0 Å². The Morgan fingerprint density at radius 1 is 1.36 bits per heavy atom. The maximum absolute atomic E-state index is 13.9. The second kappa shape index (κ2) is 6.62. The normalized spacial score (nSPS) is 20.4. The van der Waals surface area contributed by atoms with Gasteiger partial charge in [-0.1, -0.05) is 6.92 Å². The predicted molar refractivity (Wildman–Crippen MR) is 83.6 cm³/mol. The second-order valence-corrected chi connectivity index (χ2v) is 5.99.